The number of benzene rings is 3. The maximum atomic E-state index is 14.4. The highest BCUT2D eigenvalue weighted by Gasteiger charge is 2.20. The van der Waals surface area contributed by atoms with Crippen molar-refractivity contribution in [1.29, 1.82) is 0 Å². The Labute approximate surface area is 143 Å². The molecule has 0 saturated heterocycles. The van der Waals surface area contributed by atoms with E-state index in [2.05, 4.69) is 0 Å². The average molecular weight is 339 g/mol. The molecule has 25 heavy (non-hydrogen) atoms. The number of hydrogen-bond acceptors (Lipinski definition) is 3. The normalized spacial score (nSPS) is 10.5. The van der Waals surface area contributed by atoms with E-state index < -0.39 is 23.2 Å². The molecule has 0 amide bonds. The van der Waals surface area contributed by atoms with E-state index in [4.69, 9.17) is 10.5 Å². The molecule has 0 heterocycles. The Morgan fingerprint density at radius 1 is 0.920 bits per heavy atom. The summed E-state index contributed by atoms with van der Waals surface area (Å²) in [6.07, 6.45) is 0. The summed E-state index contributed by atoms with van der Waals surface area (Å²) in [5.74, 6) is -3.27. The highest BCUT2D eigenvalue weighted by Crippen LogP contribution is 2.28. The maximum Gasteiger partial charge on any atom is 0.341 e. The van der Waals surface area contributed by atoms with Crippen molar-refractivity contribution in [2.75, 3.05) is 5.73 Å². The number of carbonyl (C=O) groups is 1. The van der Waals surface area contributed by atoms with Crippen LogP contribution in [0.5, 0.6) is 0 Å². The molecule has 3 aromatic carbocycles. The summed E-state index contributed by atoms with van der Waals surface area (Å²) in [6, 6.07) is 17.9. The molecule has 0 saturated carbocycles. The van der Waals surface area contributed by atoms with Gasteiger partial charge in [0, 0.05) is 11.3 Å². The van der Waals surface area contributed by atoms with E-state index in [0.717, 1.165) is 5.56 Å². The Hall–Kier alpha value is -3.21. The van der Waals surface area contributed by atoms with E-state index in [-0.39, 0.29) is 12.2 Å². The smallest absolute Gasteiger partial charge is 0.341 e. The molecule has 126 valence electrons. The minimum absolute atomic E-state index is 0.0162. The van der Waals surface area contributed by atoms with Gasteiger partial charge in [-0.3, -0.25) is 0 Å². The first-order chi connectivity index (χ1) is 12.1. The predicted octanol–water partition coefficient (Wildman–Crippen LogP) is 4.57. The average Bonchev–Trinajstić information content (AvgIpc) is 2.63. The third-order valence-electron chi connectivity index (χ3n) is 3.71. The molecule has 0 aliphatic carbocycles. The van der Waals surface area contributed by atoms with Crippen LogP contribution in [0.1, 0.15) is 15.9 Å². The minimum Gasteiger partial charge on any atom is -0.457 e. The molecule has 0 unspecified atom stereocenters. The lowest BCUT2D eigenvalue weighted by Crippen LogP contribution is -2.09. The van der Waals surface area contributed by atoms with Crippen molar-refractivity contribution < 1.29 is 18.3 Å². The molecule has 2 N–H and O–H groups in total. The highest BCUT2D eigenvalue weighted by atomic mass is 19.2. The lowest BCUT2D eigenvalue weighted by Gasteiger charge is -2.09. The zero-order valence-corrected chi connectivity index (χ0v) is 13.2. The van der Waals surface area contributed by atoms with Crippen LogP contribution in [-0.2, 0) is 11.3 Å². The predicted molar refractivity (Wildman–Crippen MR) is 91.8 cm³/mol. The quantitative estimate of drug-likeness (QED) is 0.559. The van der Waals surface area contributed by atoms with Crippen LogP contribution in [0.3, 0.4) is 0 Å². The van der Waals surface area contributed by atoms with Gasteiger partial charge in [0.05, 0.1) is 5.56 Å². The maximum absolute atomic E-state index is 14.4. The zero-order valence-electron chi connectivity index (χ0n) is 13.2. The van der Waals surface area contributed by atoms with Gasteiger partial charge in [-0.15, -0.1) is 0 Å². The van der Waals surface area contributed by atoms with E-state index in [9.17, 15) is 13.6 Å². The first-order valence-electron chi connectivity index (χ1n) is 7.61. The second-order valence-corrected chi connectivity index (χ2v) is 5.48. The standard InChI is InChI=1S/C20H15F2NO2/c21-18-16(14-7-4-8-15(23)11-14)9-10-17(19(18)22)20(24)25-12-13-5-2-1-3-6-13/h1-11H,12,23H2. The number of hydrogen-bond donors (Lipinski definition) is 1. The summed E-state index contributed by atoms with van der Waals surface area (Å²) in [5.41, 5.74) is 6.88. The Balaban J connectivity index is 1.83. The van der Waals surface area contributed by atoms with Gasteiger partial charge in [-0.1, -0.05) is 48.5 Å². The monoisotopic (exact) mass is 339 g/mol. The van der Waals surface area contributed by atoms with Crippen LogP contribution < -0.4 is 5.73 Å². The van der Waals surface area contributed by atoms with Gasteiger partial charge in [0.1, 0.15) is 6.61 Å². The van der Waals surface area contributed by atoms with Crippen LogP contribution >= 0.6 is 0 Å². The molecule has 3 aromatic rings. The number of rotatable bonds is 4. The fraction of sp³-hybridized carbons (Fsp3) is 0.0500. The number of ether oxygens (including phenoxy) is 1. The molecule has 0 bridgehead atoms. The fourth-order valence-electron chi connectivity index (χ4n) is 2.44. The molecule has 0 atom stereocenters. The molecule has 0 radical (unpaired) electrons. The Kier molecular flexibility index (Phi) is 4.75. The summed E-state index contributed by atoms with van der Waals surface area (Å²) < 4.78 is 33.7. The van der Waals surface area contributed by atoms with Crippen molar-refractivity contribution >= 4 is 11.7 Å². The van der Waals surface area contributed by atoms with E-state index in [1.54, 1.807) is 42.5 Å². The van der Waals surface area contributed by atoms with Crippen LogP contribution in [0.4, 0.5) is 14.5 Å². The van der Waals surface area contributed by atoms with E-state index >= 15 is 0 Å². The molecule has 0 fully saturated rings. The van der Waals surface area contributed by atoms with Gasteiger partial charge >= 0.3 is 5.97 Å². The van der Waals surface area contributed by atoms with Gasteiger partial charge in [-0.2, -0.15) is 0 Å². The zero-order chi connectivity index (χ0) is 17.8. The van der Waals surface area contributed by atoms with Crippen molar-refractivity contribution in [2.45, 2.75) is 6.61 Å². The second kappa shape index (κ2) is 7.13. The fourth-order valence-corrected chi connectivity index (χ4v) is 2.44. The molecule has 3 nitrogen and oxygen atoms in total. The molecule has 5 heteroatoms. The Morgan fingerprint density at radius 2 is 1.68 bits per heavy atom. The number of esters is 1. The molecular weight excluding hydrogens is 324 g/mol. The van der Waals surface area contributed by atoms with Gasteiger partial charge in [-0.25, -0.2) is 13.6 Å². The van der Waals surface area contributed by atoms with Crippen LogP contribution in [0.15, 0.2) is 66.7 Å². The van der Waals surface area contributed by atoms with Crippen molar-refractivity contribution in [3.05, 3.63) is 89.5 Å². The van der Waals surface area contributed by atoms with Crippen molar-refractivity contribution in [1.82, 2.24) is 0 Å². The van der Waals surface area contributed by atoms with Crippen LogP contribution in [0.25, 0.3) is 11.1 Å². The summed E-state index contributed by atoms with van der Waals surface area (Å²) in [6.45, 7) is -0.0162. The van der Waals surface area contributed by atoms with Gasteiger partial charge in [0.15, 0.2) is 11.6 Å². The first kappa shape index (κ1) is 16.6. The minimum atomic E-state index is -1.24. The topological polar surface area (TPSA) is 52.3 Å². The summed E-state index contributed by atoms with van der Waals surface area (Å²) >= 11 is 0. The summed E-state index contributed by atoms with van der Waals surface area (Å²) in [4.78, 5) is 12.0. The van der Waals surface area contributed by atoms with Crippen molar-refractivity contribution in [3.63, 3.8) is 0 Å². The van der Waals surface area contributed by atoms with Gasteiger partial charge in [0.25, 0.3) is 0 Å². The Bertz CT molecular complexity index is 911. The van der Waals surface area contributed by atoms with Crippen LogP contribution in [0, 0.1) is 11.6 Å². The van der Waals surface area contributed by atoms with Gasteiger partial charge in [0.2, 0.25) is 0 Å². The molecule has 0 aliphatic heterocycles. The van der Waals surface area contributed by atoms with Gasteiger partial charge in [-0.05, 0) is 29.3 Å². The number of nitrogens with two attached hydrogens (primary N) is 1. The largest absolute Gasteiger partial charge is 0.457 e. The third kappa shape index (κ3) is 3.66. The lowest BCUT2D eigenvalue weighted by atomic mass is 10.0. The van der Waals surface area contributed by atoms with E-state index in [1.165, 1.54) is 18.2 Å². The molecule has 0 aliphatic rings. The van der Waals surface area contributed by atoms with Crippen molar-refractivity contribution in [3.8, 4) is 11.1 Å². The highest BCUT2D eigenvalue weighted by molar-refractivity contribution is 5.90. The van der Waals surface area contributed by atoms with Crippen LogP contribution in [0.2, 0.25) is 0 Å². The van der Waals surface area contributed by atoms with Crippen molar-refractivity contribution in [2.24, 2.45) is 0 Å². The first-order valence-corrected chi connectivity index (χ1v) is 7.61. The van der Waals surface area contributed by atoms with E-state index in [0.29, 0.717) is 11.3 Å². The third-order valence-corrected chi connectivity index (χ3v) is 3.71. The molecule has 0 spiro atoms. The lowest BCUT2D eigenvalue weighted by molar-refractivity contribution is 0.0466. The van der Waals surface area contributed by atoms with Gasteiger partial charge < -0.3 is 10.5 Å². The Morgan fingerprint density at radius 3 is 2.40 bits per heavy atom. The molecule has 0 aromatic heterocycles. The number of nitrogen functional groups attached to an aromatic ring is 1. The number of carbonyl (C=O) groups excluding carboxylic acids is 1. The molecule has 3 rings (SSSR count). The van der Waals surface area contributed by atoms with E-state index in [1.807, 2.05) is 6.07 Å². The SMILES string of the molecule is Nc1cccc(-c2ccc(C(=O)OCc3ccccc3)c(F)c2F)c1. The summed E-state index contributed by atoms with van der Waals surface area (Å²) in [5, 5.41) is 0. The summed E-state index contributed by atoms with van der Waals surface area (Å²) in [7, 11) is 0. The molecular formula is C20H15F2NO2. The second-order valence-electron chi connectivity index (χ2n) is 5.48. The number of anilines is 1. The van der Waals surface area contributed by atoms with Crippen LogP contribution in [-0.4, -0.2) is 5.97 Å². The number of halogens is 2.